The molecule has 1 aliphatic carbocycles. The number of hydrogen-bond acceptors (Lipinski definition) is 7. The van der Waals surface area contributed by atoms with E-state index in [0.717, 1.165) is 32.4 Å². The monoisotopic (exact) mass is 532 g/mol. The van der Waals surface area contributed by atoms with Crippen molar-refractivity contribution in [1.82, 2.24) is 15.1 Å². The van der Waals surface area contributed by atoms with Crippen molar-refractivity contribution >= 4 is 17.7 Å². The van der Waals surface area contributed by atoms with Gasteiger partial charge in [-0.05, 0) is 56.7 Å². The van der Waals surface area contributed by atoms with Gasteiger partial charge in [-0.3, -0.25) is 14.4 Å². The summed E-state index contributed by atoms with van der Waals surface area (Å²) in [5.74, 6) is 1.01. The Labute approximate surface area is 226 Å². The van der Waals surface area contributed by atoms with Crippen LogP contribution >= 0.6 is 0 Å². The Morgan fingerprint density at radius 2 is 1.74 bits per heavy atom. The molecule has 10 nitrogen and oxygen atoms in total. The first-order valence-corrected chi connectivity index (χ1v) is 13.6. The van der Waals surface area contributed by atoms with Crippen LogP contribution in [-0.4, -0.2) is 93.2 Å². The molecule has 2 atom stereocenters. The molecule has 1 aliphatic heterocycles. The van der Waals surface area contributed by atoms with E-state index in [1.54, 1.807) is 32.4 Å². The zero-order chi connectivity index (χ0) is 27.7. The molecule has 0 spiro atoms. The van der Waals surface area contributed by atoms with Crippen LogP contribution in [0.1, 0.15) is 56.3 Å². The van der Waals surface area contributed by atoms with Gasteiger partial charge in [0.1, 0.15) is 0 Å². The van der Waals surface area contributed by atoms with Crippen molar-refractivity contribution < 1.29 is 28.6 Å². The number of carbonyl (C=O) groups is 3. The van der Waals surface area contributed by atoms with Crippen molar-refractivity contribution in [1.29, 1.82) is 0 Å². The normalized spacial score (nSPS) is 18.9. The molecule has 1 saturated heterocycles. The molecule has 0 unspecified atom stereocenters. The van der Waals surface area contributed by atoms with Crippen molar-refractivity contribution in [2.45, 2.75) is 58.0 Å². The number of nitrogens with two attached hydrogens (primary N) is 1. The molecule has 1 aromatic rings. The van der Waals surface area contributed by atoms with Gasteiger partial charge in [-0.1, -0.05) is 0 Å². The molecule has 0 bridgehead atoms. The smallest absolute Gasteiger partial charge is 0.254 e. The molecule has 212 valence electrons. The Morgan fingerprint density at radius 3 is 2.34 bits per heavy atom. The molecule has 1 aromatic carbocycles. The third kappa shape index (κ3) is 8.33. The van der Waals surface area contributed by atoms with E-state index >= 15 is 0 Å². The highest BCUT2D eigenvalue weighted by Gasteiger charge is 2.38. The maximum atomic E-state index is 13.7. The van der Waals surface area contributed by atoms with E-state index < -0.39 is 5.91 Å². The summed E-state index contributed by atoms with van der Waals surface area (Å²) in [6.07, 6.45) is 2.95. The highest BCUT2D eigenvalue weighted by atomic mass is 16.5. The van der Waals surface area contributed by atoms with Crippen LogP contribution in [0.3, 0.4) is 0 Å². The molecule has 3 N–H and O–H groups in total. The molecular weight excluding hydrogens is 488 g/mol. The minimum absolute atomic E-state index is 0.00587. The second-order valence-corrected chi connectivity index (χ2v) is 10.5. The summed E-state index contributed by atoms with van der Waals surface area (Å²) in [5, 5.41) is 3.46. The van der Waals surface area contributed by atoms with Gasteiger partial charge in [-0.25, -0.2) is 0 Å². The second-order valence-electron chi connectivity index (χ2n) is 10.5. The Bertz CT molecular complexity index is 951. The van der Waals surface area contributed by atoms with E-state index in [2.05, 4.69) is 5.32 Å². The van der Waals surface area contributed by atoms with Gasteiger partial charge in [0.25, 0.3) is 5.91 Å². The van der Waals surface area contributed by atoms with Crippen LogP contribution in [0.2, 0.25) is 0 Å². The Morgan fingerprint density at radius 1 is 1.03 bits per heavy atom. The Balaban J connectivity index is 1.69. The van der Waals surface area contributed by atoms with Crippen LogP contribution in [0, 0.1) is 11.8 Å². The minimum atomic E-state index is -0.456. The quantitative estimate of drug-likeness (QED) is 0.312. The van der Waals surface area contributed by atoms with Crippen LogP contribution in [0.4, 0.5) is 0 Å². The number of primary amides is 1. The molecule has 1 saturated carbocycles. The fraction of sp³-hybridized carbons (Fsp3) is 0.679. The predicted octanol–water partition coefficient (Wildman–Crippen LogP) is 2.05. The topological polar surface area (TPSA) is 123 Å². The van der Waals surface area contributed by atoms with Gasteiger partial charge in [0, 0.05) is 76.8 Å². The molecule has 0 radical (unpaired) electrons. The average Bonchev–Trinajstić information content (AvgIpc) is 3.64. The molecule has 3 amide bonds. The number of hydrogen-bond donors (Lipinski definition) is 2. The summed E-state index contributed by atoms with van der Waals surface area (Å²) in [5.41, 5.74) is 5.81. The third-order valence-corrected chi connectivity index (χ3v) is 7.28. The van der Waals surface area contributed by atoms with Gasteiger partial charge < -0.3 is 35.1 Å². The highest BCUT2D eigenvalue weighted by molar-refractivity contribution is 5.95. The first-order chi connectivity index (χ1) is 18.2. The van der Waals surface area contributed by atoms with E-state index in [0.29, 0.717) is 43.4 Å². The molecule has 2 fully saturated rings. The molecule has 0 aromatic heterocycles. The standard InChI is InChI=1S/C28H44N4O6/c1-19(2)31(28(35)20-6-9-24(37-4)25(14-20)38-13-5-12-36-3)17-21-15-30-16-22(21)18-32(23-7-8-23)27(34)11-10-26(29)33/h6,9,14,19,21-23,30H,5,7-8,10-13,15-18H2,1-4H3,(H2,29,33)/t21-,22-/m0/s1. The summed E-state index contributed by atoms with van der Waals surface area (Å²) >= 11 is 0. The Hall–Kier alpha value is -2.85. The van der Waals surface area contributed by atoms with E-state index in [1.807, 2.05) is 23.6 Å². The lowest BCUT2D eigenvalue weighted by atomic mass is 9.93. The van der Waals surface area contributed by atoms with E-state index in [-0.39, 0.29) is 48.6 Å². The zero-order valence-electron chi connectivity index (χ0n) is 23.2. The zero-order valence-corrected chi connectivity index (χ0v) is 23.2. The number of amides is 3. The van der Waals surface area contributed by atoms with Crippen LogP contribution in [0.5, 0.6) is 11.5 Å². The number of methoxy groups -OCH3 is 2. The molecule has 1 heterocycles. The number of carbonyl (C=O) groups excluding carboxylic acids is 3. The molecular formula is C28H44N4O6. The summed E-state index contributed by atoms with van der Waals surface area (Å²) in [4.78, 5) is 41.6. The Kier molecular flexibility index (Phi) is 11.2. The summed E-state index contributed by atoms with van der Waals surface area (Å²) < 4.78 is 16.4. The van der Waals surface area contributed by atoms with Gasteiger partial charge >= 0.3 is 0 Å². The minimum Gasteiger partial charge on any atom is -0.493 e. The van der Waals surface area contributed by atoms with Gasteiger partial charge in [-0.2, -0.15) is 0 Å². The average molecular weight is 533 g/mol. The number of nitrogens with one attached hydrogen (secondary N) is 1. The molecule has 38 heavy (non-hydrogen) atoms. The SMILES string of the molecule is COCCCOc1cc(C(=O)N(C[C@@H]2CNC[C@H]2CN(C(=O)CCC(N)=O)C2CC2)C(C)C)ccc1OC. The number of rotatable bonds is 16. The lowest BCUT2D eigenvalue weighted by Gasteiger charge is -2.33. The summed E-state index contributed by atoms with van der Waals surface area (Å²) in [7, 11) is 3.23. The molecule has 2 aliphatic rings. The largest absolute Gasteiger partial charge is 0.493 e. The van der Waals surface area contributed by atoms with Gasteiger partial charge in [-0.15, -0.1) is 0 Å². The first-order valence-electron chi connectivity index (χ1n) is 13.6. The lowest BCUT2D eigenvalue weighted by Crippen LogP contribution is -2.45. The van der Waals surface area contributed by atoms with Crippen LogP contribution < -0.4 is 20.5 Å². The maximum absolute atomic E-state index is 13.7. The second kappa shape index (κ2) is 14.3. The van der Waals surface area contributed by atoms with Crippen molar-refractivity contribution in [2.24, 2.45) is 17.6 Å². The van der Waals surface area contributed by atoms with Gasteiger partial charge in [0.2, 0.25) is 11.8 Å². The number of benzene rings is 1. The lowest BCUT2D eigenvalue weighted by molar-refractivity contribution is -0.134. The van der Waals surface area contributed by atoms with Crippen molar-refractivity contribution in [3.8, 4) is 11.5 Å². The first kappa shape index (κ1) is 29.7. The van der Waals surface area contributed by atoms with E-state index in [4.69, 9.17) is 19.9 Å². The maximum Gasteiger partial charge on any atom is 0.254 e. The van der Waals surface area contributed by atoms with Crippen molar-refractivity contribution in [3.63, 3.8) is 0 Å². The number of nitrogens with zero attached hydrogens (tertiary/aromatic N) is 2. The van der Waals surface area contributed by atoms with E-state index in [9.17, 15) is 14.4 Å². The van der Waals surface area contributed by atoms with Gasteiger partial charge in [0.15, 0.2) is 11.5 Å². The van der Waals surface area contributed by atoms with E-state index in [1.165, 1.54) is 0 Å². The predicted molar refractivity (Wildman–Crippen MR) is 144 cm³/mol. The summed E-state index contributed by atoms with van der Waals surface area (Å²) in [6.45, 7) is 7.87. The third-order valence-electron chi connectivity index (χ3n) is 7.28. The molecule has 3 rings (SSSR count). The highest BCUT2D eigenvalue weighted by Crippen LogP contribution is 2.32. The van der Waals surface area contributed by atoms with Crippen LogP contribution in [0.15, 0.2) is 18.2 Å². The van der Waals surface area contributed by atoms with Crippen LogP contribution in [-0.2, 0) is 14.3 Å². The number of ether oxygens (including phenoxy) is 3. The fourth-order valence-electron chi connectivity index (χ4n) is 4.94. The fourth-order valence-corrected chi connectivity index (χ4v) is 4.94. The van der Waals surface area contributed by atoms with Crippen LogP contribution in [0.25, 0.3) is 0 Å². The summed E-state index contributed by atoms with van der Waals surface area (Å²) in [6, 6.07) is 5.53. The van der Waals surface area contributed by atoms with Gasteiger partial charge in [0.05, 0.1) is 13.7 Å². The van der Waals surface area contributed by atoms with Crippen molar-refractivity contribution in [3.05, 3.63) is 23.8 Å². The van der Waals surface area contributed by atoms with Crippen molar-refractivity contribution in [2.75, 3.05) is 53.6 Å². The molecule has 10 heteroatoms.